The van der Waals surface area contributed by atoms with E-state index in [0.29, 0.717) is 5.92 Å². The van der Waals surface area contributed by atoms with Gasteiger partial charge in [0.1, 0.15) is 0 Å². The Kier molecular flexibility index (Phi) is 7.91. The predicted octanol–water partition coefficient (Wildman–Crippen LogP) is 3.78. The van der Waals surface area contributed by atoms with Gasteiger partial charge in [0, 0.05) is 19.1 Å². The molecule has 3 nitrogen and oxygen atoms in total. The van der Waals surface area contributed by atoms with E-state index in [-0.39, 0.29) is 30.3 Å². The van der Waals surface area contributed by atoms with Gasteiger partial charge in [0.05, 0.1) is 5.92 Å². The second kappa shape index (κ2) is 9.16. The lowest BCUT2D eigenvalue weighted by molar-refractivity contribution is -0.137. The van der Waals surface area contributed by atoms with Crippen LogP contribution in [0.4, 0.5) is 0 Å². The highest BCUT2D eigenvalue weighted by atomic mass is 35.5. The highest BCUT2D eigenvalue weighted by Crippen LogP contribution is 2.26. The van der Waals surface area contributed by atoms with Crippen LogP contribution in [-0.4, -0.2) is 23.9 Å². The van der Waals surface area contributed by atoms with Crippen LogP contribution in [0.15, 0.2) is 30.3 Å². The molecule has 3 unspecified atom stereocenters. The first-order valence-corrected chi connectivity index (χ1v) is 8.22. The average molecular weight is 325 g/mol. The van der Waals surface area contributed by atoms with E-state index in [2.05, 4.69) is 6.92 Å². The summed E-state index contributed by atoms with van der Waals surface area (Å²) >= 11 is 0. The van der Waals surface area contributed by atoms with E-state index in [1.807, 2.05) is 42.2 Å². The minimum absolute atomic E-state index is 0. The van der Waals surface area contributed by atoms with E-state index in [0.717, 1.165) is 25.1 Å². The lowest BCUT2D eigenvalue weighted by Gasteiger charge is -2.35. The van der Waals surface area contributed by atoms with Gasteiger partial charge in [-0.25, -0.2) is 0 Å². The number of piperidine rings is 1. The Bertz CT molecular complexity index is 450. The van der Waals surface area contributed by atoms with Crippen LogP contribution in [0.3, 0.4) is 0 Å². The predicted molar refractivity (Wildman–Crippen MR) is 94.0 cm³/mol. The minimum atomic E-state index is -0.217. The number of benzene rings is 1. The number of carbonyl (C=O) groups is 1. The molecule has 1 amide bonds. The van der Waals surface area contributed by atoms with E-state index in [1.165, 1.54) is 19.3 Å². The number of nitrogens with two attached hydrogens (primary N) is 1. The number of amides is 1. The standard InChI is InChI=1S/C18H28N2O.ClH/c1-3-8-15-9-7-12-20(13-15)18(21)14(2)17(19)16-10-5-4-6-11-16;/h4-6,10-11,14-15,17H,3,7-9,12-13,19H2,1-2H3;1H. The number of nitrogens with zero attached hydrogens (tertiary/aromatic N) is 1. The summed E-state index contributed by atoms with van der Waals surface area (Å²) in [5.74, 6) is 0.729. The second-order valence-corrected chi connectivity index (χ2v) is 6.31. The molecule has 1 fully saturated rings. The van der Waals surface area contributed by atoms with Gasteiger partial charge in [-0.1, -0.05) is 50.6 Å². The van der Waals surface area contributed by atoms with Crippen molar-refractivity contribution in [1.29, 1.82) is 0 Å². The largest absolute Gasteiger partial charge is 0.342 e. The summed E-state index contributed by atoms with van der Waals surface area (Å²) in [5.41, 5.74) is 7.33. The zero-order valence-electron chi connectivity index (χ0n) is 13.7. The first kappa shape index (κ1) is 19.0. The molecule has 0 spiro atoms. The first-order chi connectivity index (χ1) is 10.1. The second-order valence-electron chi connectivity index (χ2n) is 6.31. The van der Waals surface area contributed by atoms with Gasteiger partial charge in [0.25, 0.3) is 0 Å². The molecular weight excluding hydrogens is 296 g/mol. The summed E-state index contributed by atoms with van der Waals surface area (Å²) in [7, 11) is 0. The van der Waals surface area contributed by atoms with Crippen LogP contribution < -0.4 is 5.73 Å². The Hall–Kier alpha value is -1.06. The summed E-state index contributed by atoms with van der Waals surface area (Å²) in [6.45, 7) is 5.99. The van der Waals surface area contributed by atoms with Gasteiger partial charge in [0.15, 0.2) is 0 Å². The first-order valence-electron chi connectivity index (χ1n) is 8.22. The summed E-state index contributed by atoms with van der Waals surface area (Å²) in [6, 6.07) is 9.72. The molecule has 0 bridgehead atoms. The Balaban J connectivity index is 0.00000242. The van der Waals surface area contributed by atoms with Crippen LogP contribution in [0.25, 0.3) is 0 Å². The molecule has 1 aromatic carbocycles. The van der Waals surface area contributed by atoms with Crippen LogP contribution in [0.2, 0.25) is 0 Å². The molecule has 2 N–H and O–H groups in total. The quantitative estimate of drug-likeness (QED) is 0.895. The zero-order chi connectivity index (χ0) is 15.2. The lowest BCUT2D eigenvalue weighted by atomic mass is 9.90. The van der Waals surface area contributed by atoms with E-state index in [9.17, 15) is 4.79 Å². The zero-order valence-corrected chi connectivity index (χ0v) is 14.5. The highest BCUT2D eigenvalue weighted by Gasteiger charge is 2.29. The highest BCUT2D eigenvalue weighted by molar-refractivity contribution is 5.85. The van der Waals surface area contributed by atoms with Gasteiger partial charge in [-0.2, -0.15) is 0 Å². The van der Waals surface area contributed by atoms with Gasteiger partial charge in [-0.15, -0.1) is 12.4 Å². The molecule has 0 aromatic heterocycles. The molecule has 0 aliphatic carbocycles. The topological polar surface area (TPSA) is 46.3 Å². The number of likely N-dealkylation sites (tertiary alicyclic amines) is 1. The van der Waals surface area contributed by atoms with Gasteiger partial charge < -0.3 is 10.6 Å². The molecule has 1 aliphatic heterocycles. The van der Waals surface area contributed by atoms with Crippen LogP contribution in [0.5, 0.6) is 0 Å². The fourth-order valence-electron chi connectivity index (χ4n) is 3.31. The van der Waals surface area contributed by atoms with Gasteiger partial charge in [-0.05, 0) is 30.7 Å². The van der Waals surface area contributed by atoms with Crippen molar-refractivity contribution in [2.45, 2.75) is 45.6 Å². The van der Waals surface area contributed by atoms with Crippen molar-refractivity contribution in [3.05, 3.63) is 35.9 Å². The summed E-state index contributed by atoms with van der Waals surface area (Å²) in [5, 5.41) is 0. The average Bonchev–Trinajstić information content (AvgIpc) is 2.54. The van der Waals surface area contributed by atoms with Crippen molar-refractivity contribution in [3.63, 3.8) is 0 Å². The molecule has 4 heteroatoms. The molecule has 1 aromatic rings. The Morgan fingerprint density at radius 3 is 2.68 bits per heavy atom. The molecular formula is C18H29ClN2O. The lowest BCUT2D eigenvalue weighted by Crippen LogP contribution is -2.44. The Morgan fingerprint density at radius 2 is 2.05 bits per heavy atom. The minimum Gasteiger partial charge on any atom is -0.342 e. The number of rotatable bonds is 5. The smallest absolute Gasteiger partial charge is 0.227 e. The Morgan fingerprint density at radius 1 is 1.36 bits per heavy atom. The molecule has 0 saturated carbocycles. The van der Waals surface area contributed by atoms with Crippen molar-refractivity contribution in [2.75, 3.05) is 13.1 Å². The maximum atomic E-state index is 12.7. The van der Waals surface area contributed by atoms with E-state index in [4.69, 9.17) is 5.73 Å². The molecule has 0 radical (unpaired) electrons. The molecule has 1 saturated heterocycles. The third kappa shape index (κ3) is 4.72. The normalized spacial score (nSPS) is 20.9. The van der Waals surface area contributed by atoms with E-state index >= 15 is 0 Å². The number of hydrogen-bond acceptors (Lipinski definition) is 2. The third-order valence-corrected chi connectivity index (χ3v) is 4.64. The summed E-state index contributed by atoms with van der Waals surface area (Å²) < 4.78 is 0. The summed E-state index contributed by atoms with van der Waals surface area (Å²) in [6.07, 6.45) is 4.81. The molecule has 22 heavy (non-hydrogen) atoms. The van der Waals surface area contributed by atoms with Crippen LogP contribution in [-0.2, 0) is 4.79 Å². The monoisotopic (exact) mass is 324 g/mol. The van der Waals surface area contributed by atoms with Crippen molar-refractivity contribution in [1.82, 2.24) is 4.90 Å². The summed E-state index contributed by atoms with van der Waals surface area (Å²) in [4.78, 5) is 14.7. The fraction of sp³-hybridized carbons (Fsp3) is 0.611. The van der Waals surface area contributed by atoms with Gasteiger partial charge >= 0.3 is 0 Å². The van der Waals surface area contributed by atoms with Gasteiger partial charge in [-0.3, -0.25) is 4.79 Å². The molecule has 1 heterocycles. The molecule has 1 aliphatic rings. The molecule has 2 rings (SSSR count). The van der Waals surface area contributed by atoms with Crippen molar-refractivity contribution in [2.24, 2.45) is 17.6 Å². The molecule has 124 valence electrons. The third-order valence-electron chi connectivity index (χ3n) is 4.64. The number of halogens is 1. The van der Waals surface area contributed by atoms with Gasteiger partial charge in [0.2, 0.25) is 5.91 Å². The maximum Gasteiger partial charge on any atom is 0.227 e. The van der Waals surface area contributed by atoms with Crippen molar-refractivity contribution >= 4 is 18.3 Å². The van der Waals surface area contributed by atoms with Crippen molar-refractivity contribution < 1.29 is 4.79 Å². The van der Waals surface area contributed by atoms with Crippen LogP contribution >= 0.6 is 12.4 Å². The SMILES string of the molecule is CCCC1CCCN(C(=O)C(C)C(N)c2ccccc2)C1.Cl. The van der Waals surface area contributed by atoms with Crippen LogP contribution in [0.1, 0.15) is 51.1 Å². The van der Waals surface area contributed by atoms with Crippen LogP contribution in [0, 0.1) is 11.8 Å². The maximum absolute atomic E-state index is 12.7. The van der Waals surface area contributed by atoms with E-state index in [1.54, 1.807) is 0 Å². The fourth-order valence-corrected chi connectivity index (χ4v) is 3.31. The van der Waals surface area contributed by atoms with Crippen molar-refractivity contribution in [3.8, 4) is 0 Å². The number of carbonyl (C=O) groups excluding carboxylic acids is 1. The molecule has 3 atom stereocenters. The number of hydrogen-bond donors (Lipinski definition) is 1. The van der Waals surface area contributed by atoms with E-state index < -0.39 is 0 Å². The Labute approximate surface area is 140 Å².